The monoisotopic (exact) mass is 500 g/mol. The summed E-state index contributed by atoms with van der Waals surface area (Å²) in [6.45, 7) is 9.56. The molecular formula is C28H37FN2O5. The van der Waals surface area contributed by atoms with E-state index in [9.17, 15) is 14.7 Å². The Morgan fingerprint density at radius 2 is 1.92 bits per heavy atom. The normalized spacial score (nSPS) is 17.9. The molecule has 2 aromatic carbocycles. The van der Waals surface area contributed by atoms with Gasteiger partial charge >= 0.3 is 6.09 Å². The van der Waals surface area contributed by atoms with Gasteiger partial charge in [0.05, 0.1) is 6.61 Å². The number of carbonyl (C=O) groups excluding carboxylic acids is 2. The minimum atomic E-state index is -1.92. The number of rotatable bonds is 7. The fourth-order valence-electron chi connectivity index (χ4n) is 4.55. The number of likely N-dealkylation sites (tertiary alicyclic amines) is 1. The zero-order chi connectivity index (χ0) is 26.5. The van der Waals surface area contributed by atoms with Crippen LogP contribution in [0.15, 0.2) is 42.5 Å². The highest BCUT2D eigenvalue weighted by molar-refractivity contribution is 5.72. The van der Waals surface area contributed by atoms with Crippen molar-refractivity contribution in [3.63, 3.8) is 0 Å². The number of hydrogen-bond acceptors (Lipinski definition) is 5. The predicted octanol–water partition coefficient (Wildman–Crippen LogP) is 4.75. The minimum absolute atomic E-state index is 0.00277. The summed E-state index contributed by atoms with van der Waals surface area (Å²) in [7, 11) is 0. The maximum Gasteiger partial charge on any atom is 0.410 e. The van der Waals surface area contributed by atoms with Crippen LogP contribution in [0.2, 0.25) is 0 Å². The molecule has 1 heterocycles. The second kappa shape index (κ2) is 11.4. The van der Waals surface area contributed by atoms with Crippen molar-refractivity contribution in [2.45, 2.75) is 58.8 Å². The van der Waals surface area contributed by atoms with Gasteiger partial charge in [-0.3, -0.25) is 4.79 Å². The highest BCUT2D eigenvalue weighted by Gasteiger charge is 2.45. The summed E-state index contributed by atoms with van der Waals surface area (Å²) in [6.07, 6.45) is 0.710. The summed E-state index contributed by atoms with van der Waals surface area (Å²) in [5, 5.41) is 14.8. The van der Waals surface area contributed by atoms with Crippen molar-refractivity contribution in [1.29, 1.82) is 0 Å². The van der Waals surface area contributed by atoms with Crippen LogP contribution in [0.1, 0.15) is 51.7 Å². The number of hydrogen-bond donors (Lipinski definition) is 2. The van der Waals surface area contributed by atoms with Crippen molar-refractivity contribution in [2.75, 3.05) is 26.2 Å². The summed E-state index contributed by atoms with van der Waals surface area (Å²) in [4.78, 5) is 25.7. The topological polar surface area (TPSA) is 88.1 Å². The number of ether oxygens (including phenoxy) is 2. The Morgan fingerprint density at radius 1 is 1.19 bits per heavy atom. The lowest BCUT2D eigenvalue weighted by Crippen LogP contribution is -2.51. The third-order valence-corrected chi connectivity index (χ3v) is 6.13. The van der Waals surface area contributed by atoms with Crippen LogP contribution in [-0.2, 0) is 20.1 Å². The molecule has 8 heteroatoms. The second-order valence-corrected chi connectivity index (χ2v) is 10.3. The Balaban J connectivity index is 2.02. The lowest BCUT2D eigenvalue weighted by molar-refractivity contribution is -0.253. The van der Waals surface area contributed by atoms with Crippen molar-refractivity contribution in [3.05, 3.63) is 59.4 Å². The Hall–Kier alpha value is -2.97. The van der Waals surface area contributed by atoms with Gasteiger partial charge < -0.3 is 24.8 Å². The number of benzene rings is 2. The molecule has 0 aliphatic carbocycles. The fraction of sp³-hybridized carbons (Fsp3) is 0.500. The first-order valence-corrected chi connectivity index (χ1v) is 12.4. The van der Waals surface area contributed by atoms with Crippen LogP contribution in [-0.4, -0.2) is 53.8 Å². The molecule has 1 saturated heterocycles. The zero-order valence-electron chi connectivity index (χ0n) is 21.8. The average Bonchev–Trinajstić information content (AvgIpc) is 2.80. The standard InChI is InChI=1S/C28H37FN2O5/c1-19-9-6-10-21(17-19)25-23(12-7-13-24(25)29)28(34,35-16-14-30-20(2)32)22-11-8-15-31(18-22)26(33)36-27(3,4)5/h6-7,9-10,12-13,17,22,34H,8,11,14-16,18H2,1-5H3,(H,30,32)/t22-,28-/m1/s1. The van der Waals surface area contributed by atoms with E-state index >= 15 is 4.39 Å². The quantitative estimate of drug-likeness (QED) is 0.423. The molecule has 3 rings (SSSR count). The summed E-state index contributed by atoms with van der Waals surface area (Å²) < 4.78 is 27.0. The highest BCUT2D eigenvalue weighted by Crippen LogP contribution is 2.42. The molecule has 0 unspecified atom stereocenters. The van der Waals surface area contributed by atoms with Crippen LogP contribution >= 0.6 is 0 Å². The molecule has 0 aromatic heterocycles. The van der Waals surface area contributed by atoms with E-state index in [0.29, 0.717) is 24.9 Å². The molecule has 0 saturated carbocycles. The third-order valence-electron chi connectivity index (χ3n) is 6.13. The molecule has 1 fully saturated rings. The summed E-state index contributed by atoms with van der Waals surface area (Å²) in [5.74, 6) is -3.18. The number of aliphatic hydroxyl groups is 1. The molecule has 1 aliphatic rings. The zero-order valence-corrected chi connectivity index (χ0v) is 21.8. The molecule has 0 spiro atoms. The van der Waals surface area contributed by atoms with Crippen molar-refractivity contribution in [2.24, 2.45) is 5.92 Å². The Morgan fingerprint density at radius 3 is 2.58 bits per heavy atom. The number of halogens is 1. The Bertz CT molecular complexity index is 1080. The van der Waals surface area contributed by atoms with E-state index < -0.39 is 29.2 Å². The van der Waals surface area contributed by atoms with E-state index in [1.54, 1.807) is 43.9 Å². The average molecular weight is 501 g/mol. The first-order valence-electron chi connectivity index (χ1n) is 12.4. The number of nitrogens with zero attached hydrogens (tertiary/aromatic N) is 1. The molecule has 2 atom stereocenters. The van der Waals surface area contributed by atoms with Crippen LogP contribution < -0.4 is 5.32 Å². The molecule has 36 heavy (non-hydrogen) atoms. The van der Waals surface area contributed by atoms with E-state index in [2.05, 4.69) is 5.32 Å². The van der Waals surface area contributed by atoms with E-state index in [-0.39, 0.29) is 36.7 Å². The van der Waals surface area contributed by atoms with Crippen LogP contribution in [0, 0.1) is 18.7 Å². The van der Waals surface area contributed by atoms with Crippen LogP contribution in [0.3, 0.4) is 0 Å². The summed E-state index contributed by atoms with van der Waals surface area (Å²) in [5.41, 5.74) is 1.44. The number of carbonyl (C=O) groups is 2. The molecule has 7 nitrogen and oxygen atoms in total. The van der Waals surface area contributed by atoms with E-state index in [1.807, 2.05) is 25.1 Å². The maximum absolute atomic E-state index is 15.3. The number of nitrogens with one attached hydrogen (secondary N) is 1. The number of amides is 2. The van der Waals surface area contributed by atoms with E-state index in [4.69, 9.17) is 9.47 Å². The second-order valence-electron chi connectivity index (χ2n) is 10.3. The van der Waals surface area contributed by atoms with Gasteiger partial charge in [0, 0.05) is 43.6 Å². The van der Waals surface area contributed by atoms with Gasteiger partial charge in [-0.2, -0.15) is 0 Å². The predicted molar refractivity (Wildman–Crippen MR) is 136 cm³/mol. The summed E-state index contributed by atoms with van der Waals surface area (Å²) >= 11 is 0. The van der Waals surface area contributed by atoms with Gasteiger partial charge in [-0.15, -0.1) is 0 Å². The third kappa shape index (κ3) is 6.83. The Kier molecular flexibility index (Phi) is 8.74. The highest BCUT2D eigenvalue weighted by atomic mass is 19.1. The van der Waals surface area contributed by atoms with E-state index in [0.717, 1.165) is 5.56 Å². The molecule has 0 bridgehead atoms. The van der Waals surface area contributed by atoms with Crippen LogP contribution in [0.4, 0.5) is 9.18 Å². The van der Waals surface area contributed by atoms with Crippen molar-refractivity contribution < 1.29 is 28.6 Å². The molecule has 2 amide bonds. The largest absolute Gasteiger partial charge is 0.444 e. The molecule has 2 aromatic rings. The Labute approximate surface area is 212 Å². The summed E-state index contributed by atoms with van der Waals surface area (Å²) in [6, 6.07) is 12.0. The van der Waals surface area contributed by atoms with Crippen LogP contribution in [0.25, 0.3) is 11.1 Å². The first-order chi connectivity index (χ1) is 16.9. The van der Waals surface area contributed by atoms with Gasteiger partial charge in [-0.1, -0.05) is 42.0 Å². The van der Waals surface area contributed by atoms with Gasteiger partial charge in [-0.25, -0.2) is 9.18 Å². The minimum Gasteiger partial charge on any atom is -0.444 e. The van der Waals surface area contributed by atoms with Gasteiger partial charge in [0.15, 0.2) is 5.79 Å². The van der Waals surface area contributed by atoms with Gasteiger partial charge in [0.25, 0.3) is 0 Å². The van der Waals surface area contributed by atoms with Crippen molar-refractivity contribution >= 4 is 12.0 Å². The van der Waals surface area contributed by atoms with E-state index in [1.165, 1.54) is 13.0 Å². The number of piperidine rings is 1. The van der Waals surface area contributed by atoms with Crippen molar-refractivity contribution in [1.82, 2.24) is 10.2 Å². The SMILES string of the molecule is CC(=O)NCCO[C@@](O)(c1cccc(F)c1-c1cccc(C)c1)[C@@H]1CCCN(C(=O)OC(C)(C)C)C1. The fourth-order valence-corrected chi connectivity index (χ4v) is 4.55. The number of aryl methyl sites for hydroxylation is 1. The molecular weight excluding hydrogens is 463 g/mol. The molecule has 1 aliphatic heterocycles. The maximum atomic E-state index is 15.3. The first kappa shape index (κ1) is 27.6. The van der Waals surface area contributed by atoms with Crippen LogP contribution in [0.5, 0.6) is 0 Å². The lowest BCUT2D eigenvalue weighted by Gasteiger charge is -2.43. The van der Waals surface area contributed by atoms with Crippen molar-refractivity contribution in [3.8, 4) is 11.1 Å². The lowest BCUT2D eigenvalue weighted by atomic mass is 9.81. The molecule has 196 valence electrons. The van der Waals surface area contributed by atoms with Gasteiger partial charge in [0.2, 0.25) is 5.91 Å². The molecule has 2 N–H and O–H groups in total. The van der Waals surface area contributed by atoms with Gasteiger partial charge in [-0.05, 0) is 52.2 Å². The smallest absolute Gasteiger partial charge is 0.410 e. The van der Waals surface area contributed by atoms with Gasteiger partial charge in [0.1, 0.15) is 11.4 Å². The molecule has 0 radical (unpaired) electrons.